The highest BCUT2D eigenvalue weighted by molar-refractivity contribution is 5.92. The van der Waals surface area contributed by atoms with Crippen molar-refractivity contribution < 1.29 is 9.90 Å². The molecule has 1 N–H and O–H groups in total. The molecule has 6 nitrogen and oxygen atoms in total. The van der Waals surface area contributed by atoms with Crippen LogP contribution < -0.4 is 4.90 Å². The Morgan fingerprint density at radius 3 is 2.74 bits per heavy atom. The van der Waals surface area contributed by atoms with Gasteiger partial charge in [-0.05, 0) is 17.5 Å². The van der Waals surface area contributed by atoms with Gasteiger partial charge in [-0.1, -0.05) is 24.3 Å². The Bertz CT molecular complexity index is 700. The molecule has 0 saturated heterocycles. The van der Waals surface area contributed by atoms with Gasteiger partial charge in [0, 0.05) is 20.6 Å². The van der Waals surface area contributed by atoms with Crippen LogP contribution in [0.25, 0.3) is 0 Å². The number of benzene rings is 1. The van der Waals surface area contributed by atoms with E-state index in [4.69, 9.17) is 0 Å². The van der Waals surface area contributed by atoms with E-state index in [2.05, 4.69) is 9.97 Å². The third-order valence-electron chi connectivity index (χ3n) is 4.16. The minimum Gasteiger partial charge on any atom is -0.394 e. The quantitative estimate of drug-likeness (QED) is 0.924. The minimum atomic E-state index is -0.331. The van der Waals surface area contributed by atoms with Crippen molar-refractivity contribution in [3.05, 3.63) is 53.5 Å². The summed E-state index contributed by atoms with van der Waals surface area (Å²) in [5, 5.41) is 9.78. The molecule has 1 aromatic heterocycles. The Hall–Kier alpha value is -2.47. The van der Waals surface area contributed by atoms with Crippen LogP contribution in [0.2, 0.25) is 0 Å². The Labute approximate surface area is 135 Å². The lowest BCUT2D eigenvalue weighted by molar-refractivity contribution is 0.0562. The molecule has 1 unspecified atom stereocenters. The molecule has 1 atom stereocenters. The molecule has 0 aliphatic carbocycles. The van der Waals surface area contributed by atoms with Crippen LogP contribution in [0.1, 0.15) is 27.7 Å². The van der Waals surface area contributed by atoms with Crippen molar-refractivity contribution in [2.45, 2.75) is 12.5 Å². The second-order valence-corrected chi connectivity index (χ2v) is 5.80. The maximum Gasteiger partial charge on any atom is 0.274 e. The van der Waals surface area contributed by atoms with Crippen molar-refractivity contribution >= 4 is 11.7 Å². The predicted molar refractivity (Wildman–Crippen MR) is 87.4 cm³/mol. The van der Waals surface area contributed by atoms with Crippen molar-refractivity contribution in [3.8, 4) is 0 Å². The summed E-state index contributed by atoms with van der Waals surface area (Å²) in [5.41, 5.74) is 2.49. The number of amides is 1. The molecular weight excluding hydrogens is 292 g/mol. The van der Waals surface area contributed by atoms with E-state index in [9.17, 15) is 9.90 Å². The topological polar surface area (TPSA) is 69.6 Å². The smallest absolute Gasteiger partial charge is 0.274 e. The van der Waals surface area contributed by atoms with E-state index in [1.807, 2.05) is 43.3 Å². The molecule has 0 saturated carbocycles. The normalized spacial score (nSPS) is 16.8. The summed E-state index contributed by atoms with van der Waals surface area (Å²) >= 11 is 0. The molecule has 0 spiro atoms. The fourth-order valence-electron chi connectivity index (χ4n) is 2.90. The summed E-state index contributed by atoms with van der Waals surface area (Å²) in [6.45, 7) is 0.462. The van der Waals surface area contributed by atoms with Gasteiger partial charge in [-0.3, -0.25) is 4.79 Å². The number of hydrogen-bond donors (Lipinski definition) is 1. The largest absolute Gasteiger partial charge is 0.394 e. The molecule has 1 aliphatic rings. The van der Waals surface area contributed by atoms with Crippen molar-refractivity contribution in [2.75, 3.05) is 32.1 Å². The summed E-state index contributed by atoms with van der Waals surface area (Å²) in [6.07, 6.45) is 3.85. The SMILES string of the molecule is CN(C)c1cnc(C(=O)N2CCc3ccccc3C2CO)cn1. The van der Waals surface area contributed by atoms with Crippen LogP contribution >= 0.6 is 0 Å². The molecule has 0 fully saturated rings. The summed E-state index contributed by atoms with van der Waals surface area (Å²) < 4.78 is 0. The van der Waals surface area contributed by atoms with Crippen LogP contribution in [0.5, 0.6) is 0 Å². The Morgan fingerprint density at radius 2 is 2.09 bits per heavy atom. The number of fused-ring (bicyclic) bond motifs is 1. The van der Waals surface area contributed by atoms with Gasteiger partial charge >= 0.3 is 0 Å². The first-order valence-corrected chi connectivity index (χ1v) is 7.61. The summed E-state index contributed by atoms with van der Waals surface area (Å²) in [4.78, 5) is 24.7. The number of aliphatic hydroxyl groups excluding tert-OH is 1. The molecule has 3 rings (SSSR count). The summed E-state index contributed by atoms with van der Waals surface area (Å²) in [7, 11) is 3.74. The van der Waals surface area contributed by atoms with Crippen LogP contribution in [0.15, 0.2) is 36.7 Å². The minimum absolute atomic E-state index is 0.105. The standard InChI is InChI=1S/C17H20N4O2/c1-20(2)16-10-18-14(9-19-16)17(23)21-8-7-12-5-3-4-6-13(12)15(21)11-22/h3-6,9-10,15,22H,7-8,11H2,1-2H3. The van der Waals surface area contributed by atoms with E-state index >= 15 is 0 Å². The molecule has 23 heavy (non-hydrogen) atoms. The fraction of sp³-hybridized carbons (Fsp3) is 0.353. The highest BCUT2D eigenvalue weighted by atomic mass is 16.3. The first kappa shape index (κ1) is 15.4. The van der Waals surface area contributed by atoms with Gasteiger partial charge in [-0.25, -0.2) is 9.97 Å². The number of carbonyl (C=O) groups is 1. The lowest BCUT2D eigenvalue weighted by atomic mass is 9.93. The van der Waals surface area contributed by atoms with Crippen molar-refractivity contribution in [1.29, 1.82) is 0 Å². The highest BCUT2D eigenvalue weighted by Crippen LogP contribution is 2.30. The lowest BCUT2D eigenvalue weighted by Gasteiger charge is -2.36. The van der Waals surface area contributed by atoms with Gasteiger partial charge in [0.2, 0.25) is 0 Å². The second-order valence-electron chi connectivity index (χ2n) is 5.80. The number of rotatable bonds is 3. The first-order valence-electron chi connectivity index (χ1n) is 7.61. The zero-order valence-electron chi connectivity index (χ0n) is 13.3. The van der Waals surface area contributed by atoms with Crippen molar-refractivity contribution in [3.63, 3.8) is 0 Å². The highest BCUT2D eigenvalue weighted by Gasteiger charge is 2.31. The number of aliphatic hydroxyl groups is 1. The van der Waals surface area contributed by atoms with Gasteiger partial charge in [0.05, 0.1) is 25.0 Å². The molecule has 1 aromatic carbocycles. The van der Waals surface area contributed by atoms with Gasteiger partial charge in [0.25, 0.3) is 5.91 Å². The average molecular weight is 312 g/mol. The molecule has 1 amide bonds. The van der Waals surface area contributed by atoms with E-state index in [-0.39, 0.29) is 18.6 Å². The molecule has 1 aliphatic heterocycles. The molecule has 2 aromatic rings. The van der Waals surface area contributed by atoms with E-state index < -0.39 is 0 Å². The second kappa shape index (κ2) is 6.34. The van der Waals surface area contributed by atoms with Crippen molar-refractivity contribution in [2.24, 2.45) is 0 Å². The third kappa shape index (κ3) is 2.90. The number of nitrogens with zero attached hydrogens (tertiary/aromatic N) is 4. The number of anilines is 1. The maximum absolute atomic E-state index is 12.8. The Kier molecular flexibility index (Phi) is 4.25. The number of aromatic nitrogens is 2. The van der Waals surface area contributed by atoms with E-state index in [1.165, 1.54) is 11.8 Å². The van der Waals surface area contributed by atoms with Crippen LogP contribution in [0, 0.1) is 0 Å². The monoisotopic (exact) mass is 312 g/mol. The Balaban J connectivity index is 1.87. The average Bonchev–Trinajstić information content (AvgIpc) is 2.60. The van der Waals surface area contributed by atoms with Crippen LogP contribution in [0.3, 0.4) is 0 Å². The fourth-order valence-corrected chi connectivity index (χ4v) is 2.90. The van der Waals surface area contributed by atoms with Crippen LogP contribution in [-0.2, 0) is 6.42 Å². The molecule has 120 valence electrons. The Morgan fingerprint density at radius 1 is 1.30 bits per heavy atom. The van der Waals surface area contributed by atoms with E-state index in [0.717, 1.165) is 12.0 Å². The van der Waals surface area contributed by atoms with E-state index in [0.29, 0.717) is 18.1 Å². The van der Waals surface area contributed by atoms with E-state index in [1.54, 1.807) is 11.1 Å². The van der Waals surface area contributed by atoms with Gasteiger partial charge in [-0.2, -0.15) is 0 Å². The lowest BCUT2D eigenvalue weighted by Crippen LogP contribution is -2.42. The number of hydrogen-bond acceptors (Lipinski definition) is 5. The third-order valence-corrected chi connectivity index (χ3v) is 4.16. The zero-order valence-corrected chi connectivity index (χ0v) is 13.3. The summed E-state index contributed by atoms with van der Waals surface area (Å²) in [6, 6.07) is 7.60. The molecular formula is C17H20N4O2. The maximum atomic E-state index is 12.8. The van der Waals surface area contributed by atoms with Crippen LogP contribution in [-0.4, -0.2) is 53.1 Å². The predicted octanol–water partition coefficient (Wildman–Crippen LogP) is 1.27. The molecule has 2 heterocycles. The van der Waals surface area contributed by atoms with Gasteiger partial charge in [0.1, 0.15) is 11.5 Å². The molecule has 6 heteroatoms. The van der Waals surface area contributed by atoms with Crippen LogP contribution in [0.4, 0.5) is 5.82 Å². The van der Waals surface area contributed by atoms with Gasteiger partial charge < -0.3 is 14.9 Å². The zero-order chi connectivity index (χ0) is 16.4. The van der Waals surface area contributed by atoms with Gasteiger partial charge in [-0.15, -0.1) is 0 Å². The number of carbonyl (C=O) groups excluding carboxylic acids is 1. The van der Waals surface area contributed by atoms with Gasteiger partial charge in [0.15, 0.2) is 0 Å². The molecule has 0 radical (unpaired) electrons. The van der Waals surface area contributed by atoms with Crippen molar-refractivity contribution in [1.82, 2.24) is 14.9 Å². The molecule has 0 bridgehead atoms. The first-order chi connectivity index (χ1) is 11.1. The summed E-state index contributed by atoms with van der Waals surface area (Å²) in [5.74, 6) is 0.501.